The van der Waals surface area contributed by atoms with E-state index >= 15 is 0 Å². The molecular formula is C26H49Br. The molecule has 0 radical (unpaired) electrons. The van der Waals surface area contributed by atoms with Crippen LogP contribution in [0.25, 0.3) is 0 Å². The van der Waals surface area contributed by atoms with Gasteiger partial charge in [-0.05, 0) is 32.1 Å². The summed E-state index contributed by atoms with van der Waals surface area (Å²) in [5, 5.41) is 0. The van der Waals surface area contributed by atoms with Gasteiger partial charge in [-0.15, -0.1) is 13.2 Å². The Hall–Kier alpha value is -0.0400. The summed E-state index contributed by atoms with van der Waals surface area (Å²) in [6.07, 6.45) is 31.6. The van der Waals surface area contributed by atoms with Crippen LogP contribution < -0.4 is 0 Å². The number of halogens is 1. The van der Waals surface area contributed by atoms with E-state index in [1.165, 1.54) is 116 Å². The van der Waals surface area contributed by atoms with Gasteiger partial charge in [0.2, 0.25) is 0 Å². The lowest BCUT2D eigenvalue weighted by atomic mass is 9.91. The minimum absolute atomic E-state index is 0.311. The van der Waals surface area contributed by atoms with Crippen LogP contribution in [0.1, 0.15) is 135 Å². The van der Waals surface area contributed by atoms with Crippen molar-refractivity contribution in [2.45, 2.75) is 140 Å². The fourth-order valence-corrected chi connectivity index (χ4v) is 4.65. The molecule has 0 bridgehead atoms. The third-order valence-electron chi connectivity index (χ3n) is 5.82. The minimum atomic E-state index is 0.311. The third kappa shape index (κ3) is 19.1. The second kappa shape index (κ2) is 20.7. The van der Waals surface area contributed by atoms with Gasteiger partial charge in [-0.3, -0.25) is 0 Å². The Morgan fingerprint density at radius 1 is 0.556 bits per heavy atom. The van der Waals surface area contributed by atoms with Crippen molar-refractivity contribution < 1.29 is 0 Å². The molecule has 0 aromatic rings. The Bertz CT molecular complexity index is 308. The van der Waals surface area contributed by atoms with Crippen molar-refractivity contribution in [3.05, 3.63) is 25.3 Å². The molecular weight excluding hydrogens is 392 g/mol. The Labute approximate surface area is 180 Å². The molecule has 0 unspecified atom stereocenters. The number of allylic oxidation sites excluding steroid dienone is 2. The van der Waals surface area contributed by atoms with Gasteiger partial charge in [-0.1, -0.05) is 131 Å². The number of hydrogen-bond donors (Lipinski definition) is 0. The van der Waals surface area contributed by atoms with Crippen molar-refractivity contribution in [1.82, 2.24) is 0 Å². The average Bonchev–Trinajstić information content (AvgIpc) is 2.68. The maximum absolute atomic E-state index is 4.03. The van der Waals surface area contributed by atoms with E-state index in [2.05, 4.69) is 48.2 Å². The first-order valence-corrected chi connectivity index (χ1v) is 12.9. The minimum Gasteiger partial charge on any atom is -0.103 e. The van der Waals surface area contributed by atoms with Gasteiger partial charge in [0.1, 0.15) is 0 Å². The molecule has 1 heteroatoms. The van der Waals surface area contributed by atoms with Gasteiger partial charge in [0, 0.05) is 4.32 Å². The van der Waals surface area contributed by atoms with Crippen LogP contribution in [0.5, 0.6) is 0 Å². The zero-order valence-electron chi connectivity index (χ0n) is 18.6. The van der Waals surface area contributed by atoms with Crippen LogP contribution in [0, 0.1) is 0 Å². The number of alkyl halides is 1. The summed E-state index contributed by atoms with van der Waals surface area (Å²) in [6.45, 7) is 10.1. The van der Waals surface area contributed by atoms with Gasteiger partial charge < -0.3 is 0 Å². The molecule has 0 aliphatic rings. The molecule has 0 aliphatic carbocycles. The van der Waals surface area contributed by atoms with Crippen LogP contribution in [0.3, 0.4) is 0 Å². The SMILES string of the molecule is C=CCCC(Br)(CCC=C)CCCCCCCCCCCCCCCCC. The van der Waals surface area contributed by atoms with Gasteiger partial charge in [-0.2, -0.15) is 0 Å². The summed E-state index contributed by atoms with van der Waals surface area (Å²) in [6, 6.07) is 0. The zero-order valence-corrected chi connectivity index (χ0v) is 20.2. The summed E-state index contributed by atoms with van der Waals surface area (Å²) in [5.74, 6) is 0. The largest absolute Gasteiger partial charge is 0.103 e. The van der Waals surface area contributed by atoms with E-state index < -0.39 is 0 Å². The highest BCUT2D eigenvalue weighted by Gasteiger charge is 2.24. The molecule has 27 heavy (non-hydrogen) atoms. The van der Waals surface area contributed by atoms with Crippen LogP contribution in [0.15, 0.2) is 25.3 Å². The average molecular weight is 442 g/mol. The van der Waals surface area contributed by atoms with Crippen molar-refractivity contribution in [1.29, 1.82) is 0 Å². The molecule has 0 aromatic heterocycles. The Balaban J connectivity index is 3.44. The molecule has 0 heterocycles. The quantitative estimate of drug-likeness (QED) is 0.0890. The van der Waals surface area contributed by atoms with E-state index in [0.29, 0.717) is 4.32 Å². The molecule has 160 valence electrons. The number of rotatable bonds is 22. The smallest absolute Gasteiger partial charge is 0.0264 e. The predicted molar refractivity (Wildman–Crippen MR) is 130 cm³/mol. The molecule has 0 nitrogen and oxygen atoms in total. The van der Waals surface area contributed by atoms with Crippen molar-refractivity contribution in [2.75, 3.05) is 0 Å². The first kappa shape index (κ1) is 27.0. The van der Waals surface area contributed by atoms with Crippen LogP contribution >= 0.6 is 15.9 Å². The summed E-state index contributed by atoms with van der Waals surface area (Å²) in [4.78, 5) is 0. The van der Waals surface area contributed by atoms with E-state index in [1.807, 2.05) is 0 Å². The predicted octanol–water partition coefficient (Wildman–Crippen LogP) is 10.3. The summed E-state index contributed by atoms with van der Waals surface area (Å²) < 4.78 is 0.311. The van der Waals surface area contributed by atoms with Crippen LogP contribution in [-0.2, 0) is 0 Å². The summed E-state index contributed by atoms with van der Waals surface area (Å²) in [7, 11) is 0. The van der Waals surface area contributed by atoms with Crippen molar-refractivity contribution >= 4 is 15.9 Å². The molecule has 0 aromatic carbocycles. The maximum atomic E-state index is 4.03. The van der Waals surface area contributed by atoms with Crippen molar-refractivity contribution in [3.8, 4) is 0 Å². The Morgan fingerprint density at radius 2 is 0.889 bits per heavy atom. The van der Waals surface area contributed by atoms with Gasteiger partial charge >= 0.3 is 0 Å². The van der Waals surface area contributed by atoms with E-state index in [9.17, 15) is 0 Å². The lowest BCUT2D eigenvalue weighted by Crippen LogP contribution is -2.20. The van der Waals surface area contributed by atoms with Crippen LogP contribution in [-0.4, -0.2) is 4.32 Å². The lowest BCUT2D eigenvalue weighted by molar-refractivity contribution is 0.453. The number of hydrogen-bond acceptors (Lipinski definition) is 0. The van der Waals surface area contributed by atoms with Gasteiger partial charge in [-0.25, -0.2) is 0 Å². The van der Waals surface area contributed by atoms with E-state index in [0.717, 1.165) is 12.8 Å². The second-order valence-electron chi connectivity index (χ2n) is 8.51. The maximum Gasteiger partial charge on any atom is 0.0264 e. The van der Waals surface area contributed by atoms with E-state index in [1.54, 1.807) is 0 Å². The molecule has 0 rings (SSSR count). The summed E-state index contributed by atoms with van der Waals surface area (Å²) >= 11 is 4.03. The normalized spacial score (nSPS) is 11.6. The summed E-state index contributed by atoms with van der Waals surface area (Å²) in [5.41, 5.74) is 0. The first-order valence-electron chi connectivity index (χ1n) is 12.1. The van der Waals surface area contributed by atoms with Crippen LogP contribution in [0.2, 0.25) is 0 Å². The fourth-order valence-electron chi connectivity index (χ4n) is 3.91. The fraction of sp³-hybridized carbons (Fsp3) is 0.846. The molecule has 0 saturated carbocycles. The first-order chi connectivity index (χ1) is 13.2. The van der Waals surface area contributed by atoms with Crippen molar-refractivity contribution in [2.24, 2.45) is 0 Å². The molecule has 0 N–H and O–H groups in total. The monoisotopic (exact) mass is 440 g/mol. The highest BCUT2D eigenvalue weighted by Crippen LogP contribution is 2.35. The Morgan fingerprint density at radius 3 is 1.22 bits per heavy atom. The third-order valence-corrected chi connectivity index (χ3v) is 7.01. The van der Waals surface area contributed by atoms with Crippen molar-refractivity contribution in [3.63, 3.8) is 0 Å². The lowest BCUT2D eigenvalue weighted by Gasteiger charge is -2.27. The highest BCUT2D eigenvalue weighted by atomic mass is 79.9. The molecule has 0 fully saturated rings. The van der Waals surface area contributed by atoms with Gasteiger partial charge in [0.05, 0.1) is 0 Å². The van der Waals surface area contributed by atoms with Gasteiger partial charge in [0.25, 0.3) is 0 Å². The molecule has 0 atom stereocenters. The van der Waals surface area contributed by atoms with Crippen LogP contribution in [0.4, 0.5) is 0 Å². The zero-order chi connectivity index (χ0) is 20.1. The van der Waals surface area contributed by atoms with Gasteiger partial charge in [0.15, 0.2) is 0 Å². The number of unbranched alkanes of at least 4 members (excludes halogenated alkanes) is 14. The molecule has 0 amide bonds. The Kier molecular flexibility index (Phi) is 20.7. The van der Waals surface area contributed by atoms with E-state index in [4.69, 9.17) is 0 Å². The molecule has 0 saturated heterocycles. The highest BCUT2D eigenvalue weighted by molar-refractivity contribution is 9.10. The standard InChI is InChI=1S/C26H49Br/c1-4-7-10-11-12-13-14-15-16-17-18-19-20-21-22-25-26(27,23-8-5-2)24-9-6-3/h5-6H,2-4,7-25H2,1H3. The molecule has 0 aliphatic heterocycles. The molecule has 0 spiro atoms. The topological polar surface area (TPSA) is 0 Å². The van der Waals surface area contributed by atoms with E-state index in [-0.39, 0.29) is 0 Å². The second-order valence-corrected chi connectivity index (χ2v) is 10.2.